The number of phenols is 1. The number of guanidine groups is 1. The zero-order valence-electron chi connectivity index (χ0n) is 14.4. The maximum atomic E-state index is 13.3. The van der Waals surface area contributed by atoms with Gasteiger partial charge in [-0.1, -0.05) is 13.0 Å². The summed E-state index contributed by atoms with van der Waals surface area (Å²) < 4.78 is 15.3. The van der Waals surface area contributed by atoms with Crippen molar-refractivity contribution in [2.75, 3.05) is 13.1 Å². The van der Waals surface area contributed by atoms with E-state index in [4.69, 9.17) is 0 Å². The molecule has 9 heteroatoms. The topological polar surface area (TPSA) is 87.4 Å². The number of benzene rings is 1. The molecule has 1 aromatic heterocycles. The third-order valence-corrected chi connectivity index (χ3v) is 3.43. The lowest BCUT2D eigenvalue weighted by atomic mass is 10.2. The van der Waals surface area contributed by atoms with Gasteiger partial charge in [0, 0.05) is 26.1 Å². The molecule has 0 aliphatic carbocycles. The second-order valence-electron chi connectivity index (χ2n) is 5.20. The number of nitrogens with zero attached hydrogens (tertiary/aromatic N) is 4. The molecule has 0 saturated heterocycles. The van der Waals surface area contributed by atoms with Crippen molar-refractivity contribution >= 4 is 29.9 Å². The maximum Gasteiger partial charge on any atom is 0.191 e. The maximum absolute atomic E-state index is 13.3. The van der Waals surface area contributed by atoms with E-state index in [1.165, 1.54) is 12.1 Å². The van der Waals surface area contributed by atoms with Crippen molar-refractivity contribution in [2.45, 2.75) is 33.4 Å². The number of rotatable bonds is 7. The molecule has 0 aliphatic heterocycles. The summed E-state index contributed by atoms with van der Waals surface area (Å²) in [5.74, 6) is 0.601. The van der Waals surface area contributed by atoms with E-state index >= 15 is 0 Å². The van der Waals surface area contributed by atoms with Crippen LogP contribution in [-0.2, 0) is 19.5 Å². The Labute approximate surface area is 163 Å². The Kier molecular flexibility index (Phi) is 9.17. The molecule has 1 heterocycles. The molecule has 0 aliphatic rings. The Bertz CT molecular complexity index is 691. The fourth-order valence-corrected chi connectivity index (χ4v) is 2.20. The number of aromatic hydroxyl groups is 1. The van der Waals surface area contributed by atoms with E-state index < -0.39 is 5.82 Å². The Balaban J connectivity index is 0.00000312. The highest BCUT2D eigenvalue weighted by Crippen LogP contribution is 2.16. The number of phenolic OH excluding ortho intramolecular Hbond substituents is 1. The second kappa shape index (κ2) is 10.9. The lowest BCUT2D eigenvalue weighted by molar-refractivity contribution is 0.432. The van der Waals surface area contributed by atoms with Crippen LogP contribution in [0.25, 0.3) is 0 Å². The van der Waals surface area contributed by atoms with Gasteiger partial charge < -0.3 is 20.3 Å². The molecule has 0 radical (unpaired) electrons. The summed E-state index contributed by atoms with van der Waals surface area (Å²) in [6.45, 7) is 6.46. The van der Waals surface area contributed by atoms with E-state index in [0.717, 1.165) is 25.3 Å². The van der Waals surface area contributed by atoms with Crippen molar-refractivity contribution in [3.63, 3.8) is 0 Å². The molecule has 25 heavy (non-hydrogen) atoms. The largest absolute Gasteiger partial charge is 0.505 e. The van der Waals surface area contributed by atoms with Crippen LogP contribution >= 0.6 is 24.0 Å². The van der Waals surface area contributed by atoms with Crippen LogP contribution in [0.3, 0.4) is 0 Å². The van der Waals surface area contributed by atoms with Gasteiger partial charge in [-0.25, -0.2) is 9.38 Å². The van der Waals surface area contributed by atoms with E-state index in [2.05, 4.69) is 25.8 Å². The van der Waals surface area contributed by atoms with Gasteiger partial charge >= 0.3 is 0 Å². The molecule has 0 atom stereocenters. The summed E-state index contributed by atoms with van der Waals surface area (Å²) in [5.41, 5.74) is 0.689. The van der Waals surface area contributed by atoms with Gasteiger partial charge in [-0.15, -0.1) is 34.2 Å². The number of hydrogen-bond donors (Lipinski definition) is 3. The predicted molar refractivity (Wildman–Crippen MR) is 106 cm³/mol. The Hall–Kier alpha value is -1.91. The molecule has 0 fully saturated rings. The first kappa shape index (κ1) is 21.1. The van der Waals surface area contributed by atoms with Gasteiger partial charge in [0.15, 0.2) is 17.5 Å². The molecule has 1 aromatic carbocycles. The molecule has 2 rings (SSSR count). The minimum atomic E-state index is -0.639. The molecular formula is C16H24FIN6O. The first-order valence-corrected chi connectivity index (χ1v) is 8.00. The predicted octanol–water partition coefficient (Wildman–Crippen LogP) is 2.06. The van der Waals surface area contributed by atoms with Crippen LogP contribution in [0.15, 0.2) is 29.5 Å². The van der Waals surface area contributed by atoms with Crippen molar-refractivity contribution in [1.29, 1.82) is 0 Å². The molecule has 2 aromatic rings. The molecule has 138 valence electrons. The van der Waals surface area contributed by atoms with Crippen LogP contribution in [0.5, 0.6) is 5.75 Å². The molecule has 0 amide bonds. The van der Waals surface area contributed by atoms with Gasteiger partial charge in [-0.3, -0.25) is 0 Å². The van der Waals surface area contributed by atoms with Gasteiger partial charge in [0.2, 0.25) is 0 Å². The summed E-state index contributed by atoms with van der Waals surface area (Å²) in [7, 11) is 0. The molecule has 0 spiro atoms. The highest BCUT2D eigenvalue weighted by atomic mass is 127. The van der Waals surface area contributed by atoms with Crippen molar-refractivity contribution < 1.29 is 9.50 Å². The van der Waals surface area contributed by atoms with Crippen molar-refractivity contribution in [2.24, 2.45) is 4.99 Å². The number of hydrogen-bond acceptors (Lipinski definition) is 4. The quantitative estimate of drug-likeness (QED) is 0.333. The average Bonchev–Trinajstić information content (AvgIpc) is 3.03. The minimum absolute atomic E-state index is 0. The van der Waals surface area contributed by atoms with E-state index in [0.29, 0.717) is 24.6 Å². The molecular weight excluding hydrogens is 438 g/mol. The summed E-state index contributed by atoms with van der Waals surface area (Å²) in [6.07, 6.45) is 2.55. The van der Waals surface area contributed by atoms with Gasteiger partial charge in [-0.2, -0.15) is 0 Å². The zero-order chi connectivity index (χ0) is 17.4. The molecule has 3 N–H and O–H groups in total. The van der Waals surface area contributed by atoms with E-state index in [-0.39, 0.29) is 29.7 Å². The number of aromatic nitrogens is 3. The third-order valence-electron chi connectivity index (χ3n) is 3.43. The summed E-state index contributed by atoms with van der Waals surface area (Å²) in [4.78, 5) is 4.42. The van der Waals surface area contributed by atoms with Crippen LogP contribution in [-0.4, -0.2) is 38.9 Å². The first-order chi connectivity index (χ1) is 11.6. The zero-order valence-corrected chi connectivity index (χ0v) is 16.7. The highest BCUT2D eigenvalue weighted by Gasteiger charge is 2.04. The van der Waals surface area contributed by atoms with Gasteiger partial charge in [0.25, 0.3) is 0 Å². The first-order valence-electron chi connectivity index (χ1n) is 8.00. The number of halogens is 2. The molecule has 0 unspecified atom stereocenters. The molecule has 0 bridgehead atoms. The highest BCUT2D eigenvalue weighted by molar-refractivity contribution is 14.0. The van der Waals surface area contributed by atoms with E-state index in [1.54, 1.807) is 12.4 Å². The summed E-state index contributed by atoms with van der Waals surface area (Å²) in [6, 6.07) is 4.27. The van der Waals surface area contributed by atoms with Crippen molar-refractivity contribution in [3.8, 4) is 5.75 Å². The monoisotopic (exact) mass is 462 g/mol. The smallest absolute Gasteiger partial charge is 0.191 e. The van der Waals surface area contributed by atoms with Crippen LogP contribution in [0, 0.1) is 5.82 Å². The Morgan fingerprint density at radius 2 is 2.12 bits per heavy atom. The fraction of sp³-hybridized carbons (Fsp3) is 0.438. The summed E-state index contributed by atoms with van der Waals surface area (Å²) in [5, 5.41) is 23.5. The van der Waals surface area contributed by atoms with Crippen molar-refractivity contribution in [1.82, 2.24) is 25.4 Å². The third kappa shape index (κ3) is 6.48. The lowest BCUT2D eigenvalue weighted by Gasteiger charge is -2.12. The van der Waals surface area contributed by atoms with Gasteiger partial charge in [0.05, 0.1) is 6.54 Å². The van der Waals surface area contributed by atoms with Crippen LogP contribution in [0.4, 0.5) is 4.39 Å². The average molecular weight is 462 g/mol. The Morgan fingerprint density at radius 1 is 1.32 bits per heavy atom. The van der Waals surface area contributed by atoms with Crippen LogP contribution < -0.4 is 10.6 Å². The fourth-order valence-electron chi connectivity index (χ4n) is 2.20. The Morgan fingerprint density at radius 3 is 2.80 bits per heavy atom. The number of nitrogens with one attached hydrogen (secondary N) is 2. The van der Waals surface area contributed by atoms with Crippen LogP contribution in [0.2, 0.25) is 0 Å². The molecule has 7 nitrogen and oxygen atoms in total. The standard InChI is InChI=1S/C16H23FN6O.HI/c1-3-15-22-21-11-23(15)8-7-19-16(18-4-2)20-10-12-5-6-14(24)13(17)9-12;/h5-6,9,11,24H,3-4,7-8,10H2,1-2H3,(H2,18,19,20);1H. The summed E-state index contributed by atoms with van der Waals surface area (Å²) >= 11 is 0. The second-order valence-corrected chi connectivity index (χ2v) is 5.20. The normalized spacial score (nSPS) is 11.1. The lowest BCUT2D eigenvalue weighted by Crippen LogP contribution is -2.38. The number of aryl methyl sites for hydroxylation is 1. The SMILES string of the molecule is CCNC(=NCc1ccc(O)c(F)c1)NCCn1cnnc1CC.I. The number of aliphatic imine (C=N–C) groups is 1. The molecule has 0 saturated carbocycles. The van der Waals surface area contributed by atoms with Crippen LogP contribution in [0.1, 0.15) is 25.2 Å². The van der Waals surface area contributed by atoms with E-state index in [1.807, 2.05) is 18.4 Å². The van der Waals surface area contributed by atoms with E-state index in [9.17, 15) is 9.50 Å². The minimum Gasteiger partial charge on any atom is -0.505 e. The van der Waals surface area contributed by atoms with Gasteiger partial charge in [0.1, 0.15) is 12.2 Å². The van der Waals surface area contributed by atoms with Gasteiger partial charge in [-0.05, 0) is 24.6 Å². The van der Waals surface area contributed by atoms with Crippen molar-refractivity contribution in [3.05, 3.63) is 41.7 Å².